The number of phenols is 1. The zero-order valence-corrected chi connectivity index (χ0v) is 37.8. The standard InChI is InChI=1S/C50H49N7O9S/c1-29-21-37(26-40-45(29)53-27-41(48(51)61)46(40)54-34-10-6-11-35(25-34)66-3)67(64,65)36-12-5-9-33(24-36)50(63)57-19-17-56(18-20-57)49(62)32-8-4-7-31(23-32)22-30(2)52-28-43(59)38-13-15-42(58)47-39(38)14-16-44(60)55-47/h4-16,21,23-27,30,43,52,58-59H,17-20,22,28H2,1-3H3,(H2,51,61)(H,53,54)(H,55,60)/t30?,43-/m0/s1. The van der Waals surface area contributed by atoms with E-state index in [2.05, 4.69) is 20.6 Å². The van der Waals surface area contributed by atoms with Crippen LogP contribution in [0.2, 0.25) is 0 Å². The van der Waals surface area contributed by atoms with E-state index in [1.165, 1.54) is 55.8 Å². The Morgan fingerprint density at radius 2 is 1.54 bits per heavy atom. The fourth-order valence-corrected chi connectivity index (χ4v) is 9.83. The van der Waals surface area contributed by atoms with Crippen LogP contribution in [0, 0.1) is 6.92 Å². The molecule has 67 heavy (non-hydrogen) atoms. The predicted octanol–water partition coefficient (Wildman–Crippen LogP) is 5.63. The number of amides is 3. The van der Waals surface area contributed by atoms with Gasteiger partial charge in [-0.1, -0.05) is 30.3 Å². The number of phenolic OH excluding ortho intramolecular Hbond substituents is 1. The number of fused-ring (bicyclic) bond motifs is 2. The number of carbonyl (C=O) groups excluding carboxylic acids is 3. The van der Waals surface area contributed by atoms with Crippen molar-refractivity contribution in [2.75, 3.05) is 45.2 Å². The highest BCUT2D eigenvalue weighted by Crippen LogP contribution is 2.35. The number of rotatable bonds is 14. The number of piperazine rings is 1. The Morgan fingerprint density at radius 3 is 2.24 bits per heavy atom. The van der Waals surface area contributed by atoms with Crippen molar-refractivity contribution in [2.24, 2.45) is 5.73 Å². The van der Waals surface area contributed by atoms with Gasteiger partial charge in [-0.2, -0.15) is 0 Å². The molecule has 0 bridgehead atoms. The van der Waals surface area contributed by atoms with Gasteiger partial charge in [-0.05, 0) is 104 Å². The molecular weight excluding hydrogens is 875 g/mol. The molecule has 0 radical (unpaired) electrons. The Balaban J connectivity index is 0.914. The molecule has 1 unspecified atom stereocenters. The van der Waals surface area contributed by atoms with Gasteiger partial charge in [-0.15, -0.1) is 0 Å². The normalized spacial score (nSPS) is 13.9. The van der Waals surface area contributed by atoms with Crippen LogP contribution in [0.1, 0.15) is 60.8 Å². The molecule has 1 fully saturated rings. The van der Waals surface area contributed by atoms with Crippen LogP contribution in [0.25, 0.3) is 21.8 Å². The summed E-state index contributed by atoms with van der Waals surface area (Å²) >= 11 is 0. The number of ether oxygens (including phenoxy) is 1. The van der Waals surface area contributed by atoms with Crippen LogP contribution < -0.4 is 26.7 Å². The lowest BCUT2D eigenvalue weighted by molar-refractivity contribution is 0.0535. The molecule has 7 aromatic rings. The van der Waals surface area contributed by atoms with Gasteiger partial charge in [0.15, 0.2) is 0 Å². The van der Waals surface area contributed by atoms with Gasteiger partial charge >= 0.3 is 0 Å². The van der Waals surface area contributed by atoms with Crippen molar-refractivity contribution in [2.45, 2.75) is 42.2 Å². The first kappa shape index (κ1) is 45.9. The lowest BCUT2D eigenvalue weighted by Crippen LogP contribution is -2.50. The number of aromatic amines is 1. The average molecular weight is 924 g/mol. The van der Waals surface area contributed by atoms with Crippen molar-refractivity contribution >= 4 is 60.7 Å². The monoisotopic (exact) mass is 923 g/mol. The van der Waals surface area contributed by atoms with E-state index in [4.69, 9.17) is 10.5 Å². The van der Waals surface area contributed by atoms with Crippen molar-refractivity contribution in [1.82, 2.24) is 25.1 Å². The maximum atomic E-state index is 14.3. The number of aromatic hydroxyl groups is 1. The quantitative estimate of drug-likeness (QED) is 0.0779. The number of aliphatic hydroxyl groups is 1. The summed E-state index contributed by atoms with van der Waals surface area (Å²) in [6, 6.07) is 29.0. The third-order valence-electron chi connectivity index (χ3n) is 11.9. The molecule has 1 aliphatic rings. The minimum atomic E-state index is -4.21. The van der Waals surface area contributed by atoms with Crippen LogP contribution in [-0.2, 0) is 16.3 Å². The molecule has 2 aromatic heterocycles. The van der Waals surface area contributed by atoms with Gasteiger partial charge in [-0.25, -0.2) is 8.42 Å². The molecule has 1 aliphatic heterocycles. The molecule has 17 heteroatoms. The number of pyridine rings is 2. The van der Waals surface area contributed by atoms with Crippen LogP contribution in [0.4, 0.5) is 11.4 Å². The summed E-state index contributed by atoms with van der Waals surface area (Å²) in [6.07, 6.45) is 0.990. The summed E-state index contributed by atoms with van der Waals surface area (Å²) in [4.78, 5) is 62.2. The maximum Gasteiger partial charge on any atom is 0.254 e. The first-order valence-corrected chi connectivity index (χ1v) is 23.0. The number of sulfone groups is 1. The number of benzene rings is 5. The number of hydrogen-bond acceptors (Lipinski definition) is 12. The number of carbonyl (C=O) groups is 3. The van der Waals surface area contributed by atoms with Gasteiger partial charge in [-0.3, -0.25) is 24.2 Å². The van der Waals surface area contributed by atoms with Crippen molar-refractivity contribution in [3.8, 4) is 11.5 Å². The first-order chi connectivity index (χ1) is 32.1. The van der Waals surface area contributed by atoms with Gasteiger partial charge in [0.2, 0.25) is 15.4 Å². The summed E-state index contributed by atoms with van der Waals surface area (Å²) in [6.45, 7) is 4.90. The molecule has 0 spiro atoms. The number of nitrogens with one attached hydrogen (secondary N) is 3. The van der Waals surface area contributed by atoms with Gasteiger partial charge < -0.3 is 46.1 Å². The van der Waals surface area contributed by atoms with E-state index in [0.717, 1.165) is 5.56 Å². The number of aromatic nitrogens is 2. The third kappa shape index (κ3) is 9.70. The Kier molecular flexibility index (Phi) is 13.1. The first-order valence-electron chi connectivity index (χ1n) is 21.5. The summed E-state index contributed by atoms with van der Waals surface area (Å²) in [5.74, 6) is -0.836. The number of nitrogens with zero attached hydrogens (tertiary/aromatic N) is 3. The van der Waals surface area contributed by atoms with E-state index in [9.17, 15) is 37.8 Å². The number of aryl methyl sites for hydroxylation is 1. The van der Waals surface area contributed by atoms with Gasteiger partial charge in [0, 0.05) is 84.7 Å². The lowest BCUT2D eigenvalue weighted by Gasteiger charge is -2.35. The molecule has 3 amide bonds. The van der Waals surface area contributed by atoms with Gasteiger partial charge in [0.25, 0.3) is 17.7 Å². The Morgan fingerprint density at radius 1 is 0.851 bits per heavy atom. The van der Waals surface area contributed by atoms with Gasteiger partial charge in [0.05, 0.1) is 45.3 Å². The van der Waals surface area contributed by atoms with Crippen LogP contribution in [0.3, 0.4) is 0 Å². The largest absolute Gasteiger partial charge is 0.506 e. The zero-order chi connectivity index (χ0) is 47.6. The third-order valence-corrected chi connectivity index (χ3v) is 13.7. The summed E-state index contributed by atoms with van der Waals surface area (Å²) < 4.78 is 34.0. The Hall–Kier alpha value is -7.60. The predicted molar refractivity (Wildman–Crippen MR) is 254 cm³/mol. The maximum absolute atomic E-state index is 14.3. The topological polar surface area (TPSA) is 237 Å². The zero-order valence-electron chi connectivity index (χ0n) is 36.9. The lowest BCUT2D eigenvalue weighted by atomic mass is 10.0. The number of methoxy groups -OCH3 is 1. The fraction of sp³-hybridized carbons (Fsp3) is 0.220. The second-order valence-electron chi connectivity index (χ2n) is 16.5. The van der Waals surface area contributed by atoms with E-state index in [0.29, 0.717) is 50.8 Å². The molecule has 16 nitrogen and oxygen atoms in total. The molecule has 7 N–H and O–H groups in total. The number of primary amides is 1. The SMILES string of the molecule is COc1cccc(Nc2c(C(N)=O)cnc3c(C)cc(S(=O)(=O)c4cccc(C(=O)N5CCN(C(=O)c6cccc(CC(C)NC[C@H](O)c7ccc(O)c8[nH]c(=O)ccc78)c6)CC5)c4)cc23)c1. The van der Waals surface area contributed by atoms with Crippen LogP contribution in [0.15, 0.2) is 130 Å². The van der Waals surface area contributed by atoms with Crippen molar-refractivity contribution < 1.29 is 37.8 Å². The van der Waals surface area contributed by atoms with E-state index >= 15 is 0 Å². The number of H-pyrrole nitrogens is 1. The molecule has 8 rings (SSSR count). The minimum Gasteiger partial charge on any atom is -0.506 e. The fourth-order valence-electron chi connectivity index (χ4n) is 8.41. The number of hydrogen-bond donors (Lipinski definition) is 6. The van der Waals surface area contributed by atoms with Crippen LogP contribution in [-0.4, -0.2) is 102 Å². The van der Waals surface area contributed by atoms with Crippen molar-refractivity contribution in [3.05, 3.63) is 159 Å². The molecule has 2 atom stereocenters. The van der Waals surface area contributed by atoms with Crippen molar-refractivity contribution in [1.29, 1.82) is 0 Å². The molecule has 5 aromatic carbocycles. The highest BCUT2D eigenvalue weighted by atomic mass is 32.2. The Bertz CT molecular complexity index is 3240. The van der Waals surface area contributed by atoms with E-state index in [-0.39, 0.29) is 94.0 Å². The van der Waals surface area contributed by atoms with E-state index in [1.54, 1.807) is 65.3 Å². The highest BCUT2D eigenvalue weighted by Gasteiger charge is 2.28. The van der Waals surface area contributed by atoms with Crippen LogP contribution in [0.5, 0.6) is 11.5 Å². The minimum absolute atomic E-state index is 0.0591. The summed E-state index contributed by atoms with van der Waals surface area (Å²) in [5.41, 5.74) is 9.70. The summed E-state index contributed by atoms with van der Waals surface area (Å²) in [5, 5.41) is 28.7. The van der Waals surface area contributed by atoms with E-state index in [1.807, 2.05) is 25.1 Å². The second kappa shape index (κ2) is 19.1. The molecule has 1 saturated heterocycles. The van der Waals surface area contributed by atoms with Crippen LogP contribution >= 0.6 is 0 Å². The molecule has 0 saturated carbocycles. The molecule has 3 heterocycles. The van der Waals surface area contributed by atoms with Crippen molar-refractivity contribution in [3.63, 3.8) is 0 Å². The molecular formula is C50H49N7O9S. The smallest absolute Gasteiger partial charge is 0.254 e. The van der Waals surface area contributed by atoms with E-state index < -0.39 is 21.8 Å². The number of nitrogens with two attached hydrogens (primary N) is 1. The van der Waals surface area contributed by atoms with Gasteiger partial charge in [0.1, 0.15) is 11.5 Å². The average Bonchev–Trinajstić information content (AvgIpc) is 3.33. The molecule has 344 valence electrons. The molecule has 0 aliphatic carbocycles. The highest BCUT2D eigenvalue weighted by molar-refractivity contribution is 7.91. The Labute approximate surface area is 385 Å². The second-order valence-corrected chi connectivity index (χ2v) is 18.5. The summed E-state index contributed by atoms with van der Waals surface area (Å²) in [7, 11) is -2.68. The number of aliphatic hydroxyl groups excluding tert-OH is 1. The number of anilines is 2.